The number of hydrogen-bond acceptors (Lipinski definition) is 7. The molecule has 0 heterocycles. The zero-order valence-corrected chi connectivity index (χ0v) is 18.0. The van der Waals surface area contributed by atoms with E-state index < -0.39 is 24.4 Å². The van der Waals surface area contributed by atoms with Gasteiger partial charge in [-0.25, -0.2) is 9.36 Å². The fourth-order valence-electron chi connectivity index (χ4n) is 2.82. The van der Waals surface area contributed by atoms with Gasteiger partial charge in [0.05, 0.1) is 4.92 Å². The van der Waals surface area contributed by atoms with Crippen LogP contribution in [0, 0.1) is 10.1 Å². The highest BCUT2D eigenvalue weighted by atomic mass is 31.2. The first-order valence-corrected chi connectivity index (χ1v) is 11.1. The molecule has 3 aromatic carbocycles. The summed E-state index contributed by atoms with van der Waals surface area (Å²) in [5, 5.41) is 13.5. The van der Waals surface area contributed by atoms with Gasteiger partial charge in [0, 0.05) is 19.2 Å². The van der Waals surface area contributed by atoms with Gasteiger partial charge in [0.1, 0.15) is 12.4 Å². The third-order valence-corrected chi connectivity index (χ3v) is 6.47. The SMILES string of the molecule is COP(=O)(Oc1ccccc1)C(NC(=O)OCc1ccccc1)c1ccc([N+](=O)[O-])cc1. The third kappa shape index (κ3) is 5.94. The van der Waals surface area contributed by atoms with Crippen LogP contribution < -0.4 is 9.84 Å². The Kier molecular flexibility index (Phi) is 7.59. The number of benzene rings is 3. The van der Waals surface area contributed by atoms with E-state index in [0.717, 1.165) is 5.56 Å². The fraction of sp³-hybridized carbons (Fsp3) is 0.136. The number of nitro benzene ring substituents is 1. The number of ether oxygens (including phenoxy) is 1. The monoisotopic (exact) mass is 456 g/mol. The van der Waals surface area contributed by atoms with E-state index in [1.807, 2.05) is 18.2 Å². The molecule has 2 atom stereocenters. The molecule has 0 saturated carbocycles. The molecule has 1 amide bonds. The van der Waals surface area contributed by atoms with Crippen LogP contribution in [0.1, 0.15) is 16.9 Å². The van der Waals surface area contributed by atoms with Crippen molar-refractivity contribution >= 4 is 19.4 Å². The number of hydrogen-bond donors (Lipinski definition) is 1. The molecule has 2 unspecified atom stereocenters. The summed E-state index contributed by atoms with van der Waals surface area (Å²) in [4.78, 5) is 22.9. The number of para-hydroxylation sites is 1. The molecule has 9 nitrogen and oxygen atoms in total. The number of nitro groups is 1. The van der Waals surface area contributed by atoms with E-state index in [-0.39, 0.29) is 23.6 Å². The highest BCUT2D eigenvalue weighted by Gasteiger charge is 2.40. The maximum absolute atomic E-state index is 13.6. The molecule has 0 bridgehead atoms. The first-order chi connectivity index (χ1) is 15.4. The second kappa shape index (κ2) is 10.6. The minimum atomic E-state index is -4.02. The molecule has 3 aromatic rings. The molecular weight excluding hydrogens is 435 g/mol. The summed E-state index contributed by atoms with van der Waals surface area (Å²) in [6.07, 6.45) is -0.855. The Morgan fingerprint density at radius 2 is 1.59 bits per heavy atom. The Bertz CT molecular complexity index is 1090. The van der Waals surface area contributed by atoms with Gasteiger partial charge in [-0.1, -0.05) is 48.5 Å². The molecule has 0 saturated heterocycles. The highest BCUT2D eigenvalue weighted by molar-refractivity contribution is 7.54. The van der Waals surface area contributed by atoms with Crippen molar-refractivity contribution in [3.63, 3.8) is 0 Å². The normalized spacial score (nSPS) is 13.4. The summed E-state index contributed by atoms with van der Waals surface area (Å²) in [5.74, 6) is -1.01. The quantitative estimate of drug-likeness (QED) is 0.259. The van der Waals surface area contributed by atoms with Gasteiger partial charge in [0.15, 0.2) is 5.78 Å². The number of carbonyl (C=O) groups is 1. The third-order valence-electron chi connectivity index (χ3n) is 4.43. The molecule has 0 spiro atoms. The largest absolute Gasteiger partial charge is 0.445 e. The van der Waals surface area contributed by atoms with Crippen molar-refractivity contribution < 1.29 is 28.1 Å². The molecule has 0 aliphatic carbocycles. The molecule has 166 valence electrons. The van der Waals surface area contributed by atoms with E-state index in [1.165, 1.54) is 31.4 Å². The van der Waals surface area contributed by atoms with Gasteiger partial charge in [0.25, 0.3) is 5.69 Å². The van der Waals surface area contributed by atoms with Gasteiger partial charge >= 0.3 is 13.7 Å². The lowest BCUT2D eigenvalue weighted by molar-refractivity contribution is -0.384. The smallest absolute Gasteiger partial charge is 0.408 e. The van der Waals surface area contributed by atoms with E-state index in [9.17, 15) is 19.5 Å². The van der Waals surface area contributed by atoms with E-state index in [2.05, 4.69) is 5.32 Å². The highest BCUT2D eigenvalue weighted by Crippen LogP contribution is 2.58. The van der Waals surface area contributed by atoms with Crippen LogP contribution in [0.15, 0.2) is 84.9 Å². The van der Waals surface area contributed by atoms with Crippen molar-refractivity contribution in [2.75, 3.05) is 7.11 Å². The van der Waals surface area contributed by atoms with Crippen molar-refractivity contribution in [3.05, 3.63) is 106 Å². The number of carbonyl (C=O) groups excluding carboxylic acids is 1. The lowest BCUT2D eigenvalue weighted by Crippen LogP contribution is -2.30. The van der Waals surface area contributed by atoms with Crippen LogP contribution in [0.25, 0.3) is 0 Å². The molecule has 10 heteroatoms. The molecule has 0 aliphatic rings. The fourth-order valence-corrected chi connectivity index (χ4v) is 4.43. The zero-order chi connectivity index (χ0) is 23.0. The summed E-state index contributed by atoms with van der Waals surface area (Å²) in [7, 11) is -2.83. The van der Waals surface area contributed by atoms with Gasteiger partial charge in [-0.2, -0.15) is 0 Å². The van der Waals surface area contributed by atoms with Gasteiger partial charge in [-0.05, 0) is 35.4 Å². The first-order valence-electron chi connectivity index (χ1n) is 9.53. The topological polar surface area (TPSA) is 117 Å². The van der Waals surface area contributed by atoms with E-state index in [1.54, 1.807) is 42.5 Å². The minimum Gasteiger partial charge on any atom is -0.445 e. The van der Waals surface area contributed by atoms with E-state index in [4.69, 9.17) is 13.8 Å². The second-order valence-corrected chi connectivity index (χ2v) is 8.73. The molecule has 3 rings (SSSR count). The maximum atomic E-state index is 13.6. The average Bonchev–Trinajstić information content (AvgIpc) is 2.82. The Morgan fingerprint density at radius 3 is 2.16 bits per heavy atom. The van der Waals surface area contributed by atoms with E-state index >= 15 is 0 Å². The molecule has 32 heavy (non-hydrogen) atoms. The predicted octanol–water partition coefficient (Wildman–Crippen LogP) is 5.44. The van der Waals surface area contributed by atoms with Crippen molar-refractivity contribution in [2.45, 2.75) is 12.4 Å². The van der Waals surface area contributed by atoms with Crippen LogP contribution in [0.2, 0.25) is 0 Å². The Hall–Kier alpha value is -3.68. The number of nitrogens with zero attached hydrogens (tertiary/aromatic N) is 1. The van der Waals surface area contributed by atoms with Crippen molar-refractivity contribution in [2.24, 2.45) is 0 Å². The van der Waals surface area contributed by atoms with Crippen LogP contribution in [-0.2, 0) is 20.4 Å². The summed E-state index contributed by atoms with van der Waals surface area (Å²) in [6, 6.07) is 22.6. The number of non-ortho nitro benzene ring substituents is 1. The molecule has 1 N–H and O–H groups in total. The summed E-state index contributed by atoms with van der Waals surface area (Å²) >= 11 is 0. The number of rotatable bonds is 9. The molecule has 0 fully saturated rings. The second-order valence-electron chi connectivity index (χ2n) is 6.58. The molecule has 0 radical (unpaired) electrons. The van der Waals surface area contributed by atoms with Gasteiger partial charge < -0.3 is 19.1 Å². The lowest BCUT2D eigenvalue weighted by atomic mass is 10.2. The molecular formula is C22H21N2O7P. The van der Waals surface area contributed by atoms with Crippen LogP contribution in [0.4, 0.5) is 10.5 Å². The summed E-state index contributed by atoms with van der Waals surface area (Å²) in [6.45, 7) is -0.00349. The summed E-state index contributed by atoms with van der Waals surface area (Å²) in [5.41, 5.74) is 0.897. The predicted molar refractivity (Wildman–Crippen MR) is 117 cm³/mol. The van der Waals surface area contributed by atoms with Crippen LogP contribution in [0.5, 0.6) is 5.75 Å². The van der Waals surface area contributed by atoms with Crippen LogP contribution >= 0.6 is 7.60 Å². The maximum Gasteiger partial charge on any atom is 0.408 e. The van der Waals surface area contributed by atoms with Crippen molar-refractivity contribution in [1.29, 1.82) is 0 Å². The average molecular weight is 456 g/mol. The number of nitrogens with one attached hydrogen (secondary N) is 1. The van der Waals surface area contributed by atoms with Crippen molar-refractivity contribution in [1.82, 2.24) is 5.32 Å². The van der Waals surface area contributed by atoms with Gasteiger partial charge in [0.2, 0.25) is 0 Å². The standard InChI is InChI=1S/C22H21N2O7P/c1-29-32(28,31-20-10-6-3-7-11-20)21(18-12-14-19(15-13-18)24(26)27)23-22(25)30-16-17-8-4-2-5-9-17/h2-15,21H,16H2,1H3,(H,23,25). The molecule has 0 aromatic heterocycles. The summed E-state index contributed by atoms with van der Waals surface area (Å²) < 4.78 is 29.7. The molecule has 0 aliphatic heterocycles. The zero-order valence-electron chi connectivity index (χ0n) is 17.1. The van der Waals surface area contributed by atoms with Crippen molar-refractivity contribution in [3.8, 4) is 5.75 Å². The van der Waals surface area contributed by atoms with Gasteiger partial charge in [-0.3, -0.25) is 10.1 Å². The Morgan fingerprint density at radius 1 is 1.00 bits per heavy atom. The number of amides is 1. The van der Waals surface area contributed by atoms with E-state index in [0.29, 0.717) is 0 Å². The Labute approximate surface area is 184 Å². The minimum absolute atomic E-state index is 0.00349. The first kappa shape index (κ1) is 23.0. The van der Waals surface area contributed by atoms with Crippen LogP contribution in [-0.4, -0.2) is 18.1 Å². The number of alkyl carbamates (subject to hydrolysis) is 1. The van der Waals surface area contributed by atoms with Gasteiger partial charge in [-0.15, -0.1) is 0 Å². The lowest BCUT2D eigenvalue weighted by Gasteiger charge is -2.26. The van der Waals surface area contributed by atoms with Crippen LogP contribution in [0.3, 0.4) is 0 Å². The Balaban J connectivity index is 1.86.